The van der Waals surface area contributed by atoms with Gasteiger partial charge in [0.05, 0.1) is 29.5 Å². The zero-order valence-corrected chi connectivity index (χ0v) is 19.1. The Bertz CT molecular complexity index is 1120. The molecule has 1 aliphatic heterocycles. The maximum atomic E-state index is 13.0. The smallest absolute Gasteiger partial charge is 0.338 e. The fourth-order valence-corrected chi connectivity index (χ4v) is 3.23. The molecule has 1 aliphatic rings. The van der Waals surface area contributed by atoms with Crippen LogP contribution in [0.1, 0.15) is 47.9 Å². The van der Waals surface area contributed by atoms with E-state index in [0.717, 1.165) is 4.90 Å². The number of rotatable bonds is 8. The van der Waals surface area contributed by atoms with Gasteiger partial charge in [0.15, 0.2) is 0 Å². The van der Waals surface area contributed by atoms with Crippen molar-refractivity contribution in [2.45, 2.75) is 33.3 Å². The number of hydrogen-bond acceptors (Lipinski definition) is 7. The van der Waals surface area contributed by atoms with E-state index in [1.165, 1.54) is 30.3 Å². The molecule has 0 unspecified atom stereocenters. The number of anilines is 2. The van der Waals surface area contributed by atoms with Crippen LogP contribution in [-0.2, 0) is 19.1 Å². The monoisotopic (exact) mass is 470 g/mol. The summed E-state index contributed by atoms with van der Waals surface area (Å²) in [7, 11) is 0. The minimum Gasteiger partial charge on any atom is -0.462 e. The van der Waals surface area contributed by atoms with Crippen LogP contribution in [0.3, 0.4) is 0 Å². The van der Waals surface area contributed by atoms with Gasteiger partial charge in [0.2, 0.25) is 0 Å². The van der Waals surface area contributed by atoms with E-state index in [0.29, 0.717) is 24.3 Å². The van der Waals surface area contributed by atoms with Crippen molar-refractivity contribution in [2.24, 2.45) is 0 Å². The highest BCUT2D eigenvalue weighted by atomic mass is 35.5. The number of amides is 2. The number of nitrogens with one attached hydrogen (secondary N) is 1. The van der Waals surface area contributed by atoms with E-state index in [2.05, 4.69) is 5.32 Å². The minimum atomic E-state index is -0.708. The highest BCUT2D eigenvalue weighted by molar-refractivity contribution is 6.53. The minimum absolute atomic E-state index is 0.123. The van der Waals surface area contributed by atoms with Crippen molar-refractivity contribution >= 4 is 46.7 Å². The molecule has 0 aromatic heterocycles. The lowest BCUT2D eigenvalue weighted by Crippen LogP contribution is -2.32. The third-order valence-electron chi connectivity index (χ3n) is 4.54. The molecule has 0 saturated carbocycles. The predicted octanol–water partition coefficient (Wildman–Crippen LogP) is 4.25. The van der Waals surface area contributed by atoms with Crippen LogP contribution in [0.25, 0.3) is 0 Å². The Hall–Kier alpha value is -3.65. The van der Waals surface area contributed by atoms with E-state index in [9.17, 15) is 19.2 Å². The fraction of sp³-hybridized carbons (Fsp3) is 0.250. The first kappa shape index (κ1) is 24.0. The van der Waals surface area contributed by atoms with Crippen LogP contribution >= 0.6 is 11.6 Å². The molecule has 1 heterocycles. The van der Waals surface area contributed by atoms with Gasteiger partial charge in [0.1, 0.15) is 10.7 Å². The quantitative estimate of drug-likeness (QED) is 0.454. The van der Waals surface area contributed by atoms with Gasteiger partial charge in [-0.05, 0) is 62.7 Å². The molecule has 2 amide bonds. The molecular formula is C24H23ClN2O6. The first-order valence-electron chi connectivity index (χ1n) is 10.4. The van der Waals surface area contributed by atoms with Crippen LogP contribution in [0.15, 0.2) is 59.3 Å². The zero-order valence-electron chi connectivity index (χ0n) is 18.4. The average Bonchev–Trinajstić information content (AvgIpc) is 3.00. The molecule has 172 valence electrons. The van der Waals surface area contributed by atoms with E-state index in [1.807, 2.05) is 6.92 Å². The van der Waals surface area contributed by atoms with Crippen molar-refractivity contribution in [2.75, 3.05) is 16.8 Å². The molecule has 3 rings (SSSR count). The Labute approximate surface area is 196 Å². The third kappa shape index (κ3) is 5.40. The van der Waals surface area contributed by atoms with Crippen LogP contribution in [0.4, 0.5) is 11.4 Å². The van der Waals surface area contributed by atoms with Crippen LogP contribution < -0.4 is 10.2 Å². The van der Waals surface area contributed by atoms with Crippen molar-refractivity contribution in [3.63, 3.8) is 0 Å². The number of carbonyl (C=O) groups excluding carboxylic acids is 4. The van der Waals surface area contributed by atoms with Gasteiger partial charge in [0, 0.05) is 5.69 Å². The number of benzene rings is 2. The Morgan fingerprint density at radius 1 is 1.00 bits per heavy atom. The number of halogens is 1. The number of esters is 2. The van der Waals surface area contributed by atoms with Crippen molar-refractivity contribution in [1.82, 2.24) is 0 Å². The maximum absolute atomic E-state index is 13.0. The van der Waals surface area contributed by atoms with Crippen LogP contribution in [0.5, 0.6) is 0 Å². The molecule has 0 aliphatic carbocycles. The fourth-order valence-electron chi connectivity index (χ4n) is 3.02. The summed E-state index contributed by atoms with van der Waals surface area (Å²) < 4.78 is 10.3. The number of imide groups is 1. The van der Waals surface area contributed by atoms with E-state index in [1.54, 1.807) is 32.0 Å². The van der Waals surface area contributed by atoms with Crippen molar-refractivity contribution in [3.8, 4) is 0 Å². The summed E-state index contributed by atoms with van der Waals surface area (Å²) in [5.41, 5.74) is 1.10. The molecule has 2 aromatic carbocycles. The number of carbonyl (C=O) groups is 4. The summed E-state index contributed by atoms with van der Waals surface area (Å²) in [6.07, 6.45) is 0.413. The van der Waals surface area contributed by atoms with Gasteiger partial charge in [-0.25, -0.2) is 14.5 Å². The lowest BCUT2D eigenvalue weighted by atomic mass is 10.2. The lowest BCUT2D eigenvalue weighted by Gasteiger charge is -2.15. The molecule has 0 bridgehead atoms. The molecule has 9 heteroatoms. The van der Waals surface area contributed by atoms with Gasteiger partial charge in [-0.1, -0.05) is 24.6 Å². The van der Waals surface area contributed by atoms with Gasteiger partial charge in [-0.2, -0.15) is 0 Å². The second kappa shape index (κ2) is 10.3. The Morgan fingerprint density at radius 3 is 2.33 bits per heavy atom. The van der Waals surface area contributed by atoms with E-state index < -0.39 is 23.8 Å². The van der Waals surface area contributed by atoms with Gasteiger partial charge in [-0.3, -0.25) is 9.59 Å². The summed E-state index contributed by atoms with van der Waals surface area (Å²) in [6, 6.07) is 12.2. The van der Waals surface area contributed by atoms with Crippen molar-refractivity contribution < 1.29 is 28.7 Å². The largest absolute Gasteiger partial charge is 0.462 e. The van der Waals surface area contributed by atoms with Gasteiger partial charge in [-0.15, -0.1) is 0 Å². The Morgan fingerprint density at radius 2 is 1.70 bits per heavy atom. The Balaban J connectivity index is 1.78. The standard InChI is InChI=1S/C24H23ClN2O6/c1-4-12-32-23(30)15-8-10-18(11-9-15)27-21(28)19(25)20(22(27)29)26-17-7-5-6-16(13-17)24(31)33-14(2)3/h5-11,13-14,26H,4,12H2,1-3H3. The number of hydrogen-bond donors (Lipinski definition) is 1. The summed E-state index contributed by atoms with van der Waals surface area (Å²) >= 11 is 6.17. The van der Waals surface area contributed by atoms with Gasteiger partial charge >= 0.3 is 11.9 Å². The highest BCUT2D eigenvalue weighted by Crippen LogP contribution is 2.30. The summed E-state index contributed by atoms with van der Waals surface area (Å²) in [5, 5.41) is 2.54. The van der Waals surface area contributed by atoms with Gasteiger partial charge < -0.3 is 14.8 Å². The first-order chi connectivity index (χ1) is 15.7. The third-order valence-corrected chi connectivity index (χ3v) is 4.89. The van der Waals surface area contributed by atoms with Gasteiger partial charge in [0.25, 0.3) is 11.8 Å². The molecular weight excluding hydrogens is 448 g/mol. The SMILES string of the molecule is CCCOC(=O)c1ccc(N2C(=O)C(Cl)=C(Nc3cccc(C(=O)OC(C)C)c3)C2=O)cc1. The second-order valence-electron chi connectivity index (χ2n) is 7.48. The maximum Gasteiger partial charge on any atom is 0.338 e. The van der Waals surface area contributed by atoms with E-state index in [4.69, 9.17) is 21.1 Å². The normalized spacial score (nSPS) is 13.5. The summed E-state index contributed by atoms with van der Waals surface area (Å²) in [5.74, 6) is -2.37. The van der Waals surface area contributed by atoms with E-state index in [-0.39, 0.29) is 28.1 Å². The number of ether oxygens (including phenoxy) is 2. The zero-order chi connectivity index (χ0) is 24.1. The molecule has 33 heavy (non-hydrogen) atoms. The summed E-state index contributed by atoms with van der Waals surface area (Å²) in [6.45, 7) is 5.66. The molecule has 0 saturated heterocycles. The van der Waals surface area contributed by atoms with Crippen LogP contribution in [0, 0.1) is 0 Å². The summed E-state index contributed by atoms with van der Waals surface area (Å²) in [4.78, 5) is 50.7. The molecule has 8 nitrogen and oxygen atoms in total. The number of nitrogens with zero attached hydrogens (tertiary/aromatic N) is 1. The van der Waals surface area contributed by atoms with Crippen molar-refractivity contribution in [3.05, 3.63) is 70.4 Å². The average molecular weight is 471 g/mol. The van der Waals surface area contributed by atoms with Crippen LogP contribution in [-0.4, -0.2) is 36.5 Å². The highest BCUT2D eigenvalue weighted by Gasteiger charge is 2.39. The van der Waals surface area contributed by atoms with E-state index >= 15 is 0 Å². The molecule has 2 aromatic rings. The first-order valence-corrected chi connectivity index (χ1v) is 10.7. The molecule has 0 atom stereocenters. The Kier molecular flexibility index (Phi) is 7.50. The molecule has 0 fully saturated rings. The molecule has 1 N–H and O–H groups in total. The molecule has 0 spiro atoms. The predicted molar refractivity (Wildman–Crippen MR) is 123 cm³/mol. The van der Waals surface area contributed by atoms with Crippen LogP contribution in [0.2, 0.25) is 0 Å². The molecule has 0 radical (unpaired) electrons. The lowest BCUT2D eigenvalue weighted by molar-refractivity contribution is -0.120. The topological polar surface area (TPSA) is 102 Å². The van der Waals surface area contributed by atoms with Crippen molar-refractivity contribution in [1.29, 1.82) is 0 Å². The second-order valence-corrected chi connectivity index (χ2v) is 7.86.